The van der Waals surface area contributed by atoms with E-state index in [-0.39, 0.29) is 0 Å². The number of hydrogen-bond donors (Lipinski definition) is 1. The van der Waals surface area contributed by atoms with Crippen LogP contribution in [0.25, 0.3) is 0 Å². The summed E-state index contributed by atoms with van der Waals surface area (Å²) in [4.78, 5) is 0. The van der Waals surface area contributed by atoms with Gasteiger partial charge in [0.2, 0.25) is 0 Å². The highest BCUT2D eigenvalue weighted by atomic mass is 79.9. The number of aryl methyl sites for hydroxylation is 2. The van der Waals surface area contributed by atoms with Gasteiger partial charge in [-0.15, -0.1) is 0 Å². The first-order chi connectivity index (χ1) is 8.75. The molecule has 1 nitrogen and oxygen atoms in total. The Hall–Kier alpha value is -1.12. The predicted molar refractivity (Wildman–Crippen MR) is 76.7 cm³/mol. The lowest BCUT2D eigenvalue weighted by atomic mass is 9.98. The van der Waals surface area contributed by atoms with Crippen LogP contribution in [0.1, 0.15) is 34.8 Å². The second kappa shape index (κ2) is 4.87. The fourth-order valence-electron chi connectivity index (χ4n) is 2.64. The first kappa shape index (κ1) is 11.9. The summed E-state index contributed by atoms with van der Waals surface area (Å²) in [6.07, 6.45) is 3.02. The average molecular weight is 303 g/mol. The minimum absolute atomic E-state index is 0.550. The van der Waals surface area contributed by atoms with Crippen molar-refractivity contribution in [2.45, 2.75) is 25.4 Å². The Kier molecular flexibility index (Phi) is 3.23. The molecule has 0 radical (unpaired) electrons. The molecule has 0 saturated carbocycles. The van der Waals surface area contributed by atoms with E-state index in [1.807, 2.05) is 30.3 Å². The molecule has 1 aliphatic rings. The van der Waals surface area contributed by atoms with Gasteiger partial charge in [-0.25, -0.2) is 0 Å². The molecular weight excluding hydrogens is 288 g/mol. The SMILES string of the molecule is OC(c1ccc2c(c1)CCC2)c1ccccc1Br. The highest BCUT2D eigenvalue weighted by Gasteiger charge is 2.17. The molecule has 3 rings (SSSR count). The van der Waals surface area contributed by atoms with Crippen LogP contribution in [0.2, 0.25) is 0 Å². The largest absolute Gasteiger partial charge is 0.384 e. The van der Waals surface area contributed by atoms with Crippen molar-refractivity contribution < 1.29 is 5.11 Å². The molecule has 18 heavy (non-hydrogen) atoms. The average Bonchev–Trinajstić information content (AvgIpc) is 2.85. The Balaban J connectivity index is 1.98. The highest BCUT2D eigenvalue weighted by molar-refractivity contribution is 9.10. The van der Waals surface area contributed by atoms with Crippen LogP contribution in [0.15, 0.2) is 46.9 Å². The maximum atomic E-state index is 10.5. The highest BCUT2D eigenvalue weighted by Crippen LogP contribution is 2.31. The van der Waals surface area contributed by atoms with Crippen LogP contribution in [0.4, 0.5) is 0 Å². The first-order valence-corrected chi connectivity index (χ1v) is 7.09. The zero-order valence-corrected chi connectivity index (χ0v) is 11.7. The molecular formula is C16H15BrO. The van der Waals surface area contributed by atoms with E-state index in [0.717, 1.165) is 22.0 Å². The van der Waals surface area contributed by atoms with Crippen molar-refractivity contribution in [3.8, 4) is 0 Å². The third-order valence-electron chi connectivity index (χ3n) is 3.64. The number of aliphatic hydroxyl groups excluding tert-OH is 1. The molecule has 1 aliphatic carbocycles. The van der Waals surface area contributed by atoms with E-state index in [9.17, 15) is 5.11 Å². The summed E-state index contributed by atoms with van der Waals surface area (Å²) in [6, 6.07) is 14.2. The summed E-state index contributed by atoms with van der Waals surface area (Å²) in [7, 11) is 0. The zero-order valence-electron chi connectivity index (χ0n) is 10.1. The van der Waals surface area contributed by atoms with E-state index >= 15 is 0 Å². The van der Waals surface area contributed by atoms with Crippen LogP contribution in [0.3, 0.4) is 0 Å². The molecule has 0 aromatic heterocycles. The summed E-state index contributed by atoms with van der Waals surface area (Å²) in [5.74, 6) is 0. The van der Waals surface area contributed by atoms with E-state index in [2.05, 4.69) is 28.1 Å². The van der Waals surface area contributed by atoms with Gasteiger partial charge in [-0.3, -0.25) is 0 Å². The molecule has 0 spiro atoms. The van der Waals surface area contributed by atoms with Crippen LogP contribution in [0, 0.1) is 0 Å². The molecule has 1 atom stereocenters. The molecule has 0 aliphatic heterocycles. The monoisotopic (exact) mass is 302 g/mol. The maximum absolute atomic E-state index is 10.5. The molecule has 0 bridgehead atoms. The number of aliphatic hydroxyl groups is 1. The number of fused-ring (bicyclic) bond motifs is 1. The van der Waals surface area contributed by atoms with Crippen LogP contribution in [-0.2, 0) is 12.8 Å². The molecule has 2 aromatic rings. The Bertz CT molecular complexity index is 577. The molecule has 1 unspecified atom stereocenters. The fourth-order valence-corrected chi connectivity index (χ4v) is 3.14. The lowest BCUT2D eigenvalue weighted by Gasteiger charge is -2.14. The van der Waals surface area contributed by atoms with Gasteiger partial charge >= 0.3 is 0 Å². The molecule has 2 aromatic carbocycles. The Morgan fingerprint density at radius 3 is 2.61 bits per heavy atom. The van der Waals surface area contributed by atoms with Crippen LogP contribution < -0.4 is 0 Å². The summed E-state index contributed by atoms with van der Waals surface area (Å²) in [5.41, 5.74) is 4.76. The van der Waals surface area contributed by atoms with Gasteiger partial charge < -0.3 is 5.11 Å². The normalized spacial score (nSPS) is 15.4. The smallest absolute Gasteiger partial charge is 0.105 e. The van der Waals surface area contributed by atoms with Crippen molar-refractivity contribution in [1.82, 2.24) is 0 Å². The minimum atomic E-state index is -0.550. The van der Waals surface area contributed by atoms with Gasteiger partial charge in [0, 0.05) is 4.47 Å². The molecule has 1 N–H and O–H groups in total. The van der Waals surface area contributed by atoms with Crippen molar-refractivity contribution >= 4 is 15.9 Å². The summed E-state index contributed by atoms with van der Waals surface area (Å²) in [5, 5.41) is 10.5. The van der Waals surface area contributed by atoms with Crippen LogP contribution >= 0.6 is 15.9 Å². The van der Waals surface area contributed by atoms with Crippen LogP contribution in [0.5, 0.6) is 0 Å². The number of rotatable bonds is 2. The number of hydrogen-bond acceptors (Lipinski definition) is 1. The third kappa shape index (κ3) is 2.11. The topological polar surface area (TPSA) is 20.2 Å². The maximum Gasteiger partial charge on any atom is 0.105 e. The van der Waals surface area contributed by atoms with E-state index in [0.29, 0.717) is 0 Å². The standard InChI is InChI=1S/C16H15BrO/c17-15-7-2-1-6-14(15)16(18)13-9-8-11-4-3-5-12(11)10-13/h1-2,6-10,16,18H,3-5H2. The summed E-state index contributed by atoms with van der Waals surface area (Å²) >= 11 is 3.50. The van der Waals surface area contributed by atoms with E-state index < -0.39 is 6.10 Å². The number of halogens is 1. The van der Waals surface area contributed by atoms with Gasteiger partial charge in [0.05, 0.1) is 0 Å². The Morgan fingerprint density at radius 1 is 1.00 bits per heavy atom. The summed E-state index contributed by atoms with van der Waals surface area (Å²) in [6.45, 7) is 0. The molecule has 2 heteroatoms. The molecule has 0 heterocycles. The lowest BCUT2D eigenvalue weighted by Crippen LogP contribution is -2.01. The molecule has 0 fully saturated rings. The fraction of sp³-hybridized carbons (Fsp3) is 0.250. The van der Waals surface area contributed by atoms with Crippen molar-refractivity contribution in [1.29, 1.82) is 0 Å². The van der Waals surface area contributed by atoms with Gasteiger partial charge in [-0.05, 0) is 47.6 Å². The van der Waals surface area contributed by atoms with E-state index in [1.165, 1.54) is 24.0 Å². The lowest BCUT2D eigenvalue weighted by molar-refractivity contribution is 0.219. The van der Waals surface area contributed by atoms with Gasteiger partial charge in [-0.2, -0.15) is 0 Å². The second-order valence-electron chi connectivity index (χ2n) is 4.81. The van der Waals surface area contributed by atoms with Crippen molar-refractivity contribution in [2.24, 2.45) is 0 Å². The predicted octanol–water partition coefficient (Wildman–Crippen LogP) is 4.02. The van der Waals surface area contributed by atoms with Gasteiger partial charge in [0.15, 0.2) is 0 Å². The second-order valence-corrected chi connectivity index (χ2v) is 5.66. The quantitative estimate of drug-likeness (QED) is 0.888. The van der Waals surface area contributed by atoms with Gasteiger partial charge in [0.25, 0.3) is 0 Å². The Morgan fingerprint density at radius 2 is 1.78 bits per heavy atom. The molecule has 92 valence electrons. The zero-order chi connectivity index (χ0) is 12.5. The van der Waals surface area contributed by atoms with E-state index in [4.69, 9.17) is 0 Å². The van der Waals surface area contributed by atoms with Crippen molar-refractivity contribution in [3.05, 3.63) is 69.2 Å². The Labute approximate surface area is 116 Å². The van der Waals surface area contributed by atoms with Gasteiger partial charge in [-0.1, -0.05) is 52.3 Å². The van der Waals surface area contributed by atoms with Crippen molar-refractivity contribution in [2.75, 3.05) is 0 Å². The van der Waals surface area contributed by atoms with E-state index in [1.54, 1.807) is 0 Å². The molecule has 0 amide bonds. The minimum Gasteiger partial charge on any atom is -0.384 e. The number of benzene rings is 2. The first-order valence-electron chi connectivity index (χ1n) is 6.30. The van der Waals surface area contributed by atoms with Crippen LogP contribution in [-0.4, -0.2) is 5.11 Å². The molecule has 0 saturated heterocycles. The third-order valence-corrected chi connectivity index (χ3v) is 4.36. The van der Waals surface area contributed by atoms with Crippen molar-refractivity contribution in [3.63, 3.8) is 0 Å². The summed E-state index contributed by atoms with van der Waals surface area (Å²) < 4.78 is 0.956. The van der Waals surface area contributed by atoms with Gasteiger partial charge in [0.1, 0.15) is 6.10 Å².